The largest absolute Gasteiger partial charge is 0.387 e. The third-order valence-corrected chi connectivity index (χ3v) is 1.26. The highest BCUT2D eigenvalue weighted by molar-refractivity contribution is 5.94. The Morgan fingerprint density at radius 2 is 2.40 bits per heavy atom. The molecular formula is C7H10ClNO. The van der Waals surface area contributed by atoms with E-state index in [2.05, 4.69) is 5.32 Å². The lowest BCUT2D eigenvalue weighted by Crippen LogP contribution is -2.16. The number of nitrogens with one attached hydrogen (secondary N) is 1. The summed E-state index contributed by atoms with van der Waals surface area (Å²) in [6.45, 7) is 2.25. The van der Waals surface area contributed by atoms with E-state index < -0.39 is 0 Å². The van der Waals surface area contributed by atoms with Gasteiger partial charge in [0, 0.05) is 12.1 Å². The third kappa shape index (κ3) is 2.23. The Kier molecular flexibility index (Phi) is 3.81. The van der Waals surface area contributed by atoms with Crippen molar-refractivity contribution < 1.29 is 4.79 Å². The molecule has 3 heteroatoms. The third-order valence-electron chi connectivity index (χ3n) is 1.26. The number of halogens is 1. The molecule has 0 amide bonds. The van der Waals surface area contributed by atoms with Crippen LogP contribution in [0, 0.1) is 0 Å². The lowest BCUT2D eigenvalue weighted by molar-refractivity contribution is -0.113. The maximum atomic E-state index is 10.7. The van der Waals surface area contributed by atoms with Crippen LogP contribution in [0.4, 0.5) is 0 Å². The molecule has 0 aromatic rings. The van der Waals surface area contributed by atoms with Gasteiger partial charge in [0.15, 0.2) is 5.78 Å². The van der Waals surface area contributed by atoms with E-state index in [1.54, 1.807) is 6.92 Å². The van der Waals surface area contributed by atoms with E-state index >= 15 is 0 Å². The van der Waals surface area contributed by atoms with Gasteiger partial charge in [0.1, 0.15) is 0 Å². The smallest absolute Gasteiger partial charge is 0.157 e. The first-order valence-electron chi connectivity index (χ1n) is 2.91. The molecule has 0 unspecified atom stereocenters. The maximum Gasteiger partial charge on any atom is 0.157 e. The highest BCUT2D eigenvalue weighted by Crippen LogP contribution is 1.98. The normalized spacial score (nSPS) is 14.7. The molecule has 0 fully saturated rings. The number of hydrogen-bond donors (Lipinski definition) is 1. The van der Waals surface area contributed by atoms with Crippen molar-refractivity contribution in [2.75, 3.05) is 6.54 Å². The lowest BCUT2D eigenvalue weighted by Gasteiger charge is -2.05. The molecule has 0 aliphatic carbocycles. The molecule has 56 valence electrons. The van der Waals surface area contributed by atoms with E-state index in [1.165, 1.54) is 0 Å². The van der Waals surface area contributed by atoms with E-state index in [0.717, 1.165) is 5.57 Å². The second-order valence-corrected chi connectivity index (χ2v) is 1.99. The van der Waals surface area contributed by atoms with E-state index in [4.69, 9.17) is 0 Å². The van der Waals surface area contributed by atoms with Gasteiger partial charge in [-0.1, -0.05) is 6.08 Å². The summed E-state index contributed by atoms with van der Waals surface area (Å²) in [5.41, 5.74) is 0.845. The van der Waals surface area contributed by atoms with Crippen molar-refractivity contribution >= 4 is 18.2 Å². The van der Waals surface area contributed by atoms with Gasteiger partial charge in [0.2, 0.25) is 0 Å². The van der Waals surface area contributed by atoms with Gasteiger partial charge >= 0.3 is 0 Å². The maximum absolute atomic E-state index is 10.7. The molecule has 0 aromatic heterocycles. The molecular weight excluding hydrogens is 150 g/mol. The predicted molar refractivity (Wildman–Crippen MR) is 43.2 cm³/mol. The van der Waals surface area contributed by atoms with Crippen LogP contribution in [-0.4, -0.2) is 12.3 Å². The fourth-order valence-corrected chi connectivity index (χ4v) is 0.702. The zero-order valence-corrected chi connectivity index (χ0v) is 6.57. The molecule has 10 heavy (non-hydrogen) atoms. The van der Waals surface area contributed by atoms with Crippen LogP contribution in [0.25, 0.3) is 0 Å². The molecule has 1 heterocycles. The van der Waals surface area contributed by atoms with Crippen molar-refractivity contribution in [3.05, 3.63) is 23.9 Å². The van der Waals surface area contributed by atoms with Gasteiger partial charge in [0.05, 0.1) is 0 Å². The topological polar surface area (TPSA) is 29.1 Å². The Morgan fingerprint density at radius 1 is 1.70 bits per heavy atom. The molecule has 2 nitrogen and oxygen atoms in total. The summed E-state index contributed by atoms with van der Waals surface area (Å²) in [7, 11) is 0. The number of dihydropyridines is 1. The minimum atomic E-state index is 0. The van der Waals surface area contributed by atoms with Crippen LogP contribution in [0.5, 0.6) is 0 Å². The molecule has 1 N–H and O–H groups in total. The van der Waals surface area contributed by atoms with Crippen molar-refractivity contribution in [1.29, 1.82) is 0 Å². The van der Waals surface area contributed by atoms with Crippen LogP contribution in [0.1, 0.15) is 6.92 Å². The van der Waals surface area contributed by atoms with Crippen LogP contribution in [0.2, 0.25) is 0 Å². The van der Waals surface area contributed by atoms with Gasteiger partial charge in [-0.3, -0.25) is 4.79 Å². The number of Topliss-reactive ketones (excluding diaryl/α,β-unsaturated/α-hetero) is 1. The van der Waals surface area contributed by atoms with Crippen LogP contribution >= 0.6 is 12.4 Å². The lowest BCUT2D eigenvalue weighted by atomic mass is 10.1. The SMILES string of the molecule is CC(=O)C1=CC=CNC1.Cl. The number of hydrogen-bond acceptors (Lipinski definition) is 2. The number of carbonyl (C=O) groups excluding carboxylic acids is 1. The van der Waals surface area contributed by atoms with Crippen LogP contribution in [0.3, 0.4) is 0 Å². The van der Waals surface area contributed by atoms with E-state index in [1.807, 2.05) is 18.4 Å². The zero-order chi connectivity index (χ0) is 6.69. The van der Waals surface area contributed by atoms with Gasteiger partial charge in [-0.05, 0) is 19.2 Å². The second kappa shape index (κ2) is 4.12. The Balaban J connectivity index is 0.000000810. The molecule has 0 atom stereocenters. The van der Waals surface area contributed by atoms with Crippen LogP contribution in [0.15, 0.2) is 23.9 Å². The van der Waals surface area contributed by atoms with E-state index in [0.29, 0.717) is 6.54 Å². The van der Waals surface area contributed by atoms with Crippen molar-refractivity contribution in [3.8, 4) is 0 Å². The van der Waals surface area contributed by atoms with Crippen molar-refractivity contribution in [2.45, 2.75) is 6.92 Å². The molecule has 0 saturated carbocycles. The summed E-state index contributed by atoms with van der Waals surface area (Å²) in [6.07, 6.45) is 5.49. The molecule has 1 aliphatic rings. The Bertz CT molecular complexity index is 184. The summed E-state index contributed by atoms with van der Waals surface area (Å²) in [6, 6.07) is 0. The van der Waals surface area contributed by atoms with Crippen LogP contribution in [-0.2, 0) is 4.79 Å². The molecule has 0 saturated heterocycles. The Morgan fingerprint density at radius 3 is 2.70 bits per heavy atom. The molecule has 0 spiro atoms. The van der Waals surface area contributed by atoms with Crippen molar-refractivity contribution in [1.82, 2.24) is 5.32 Å². The molecule has 1 aliphatic heterocycles. The van der Waals surface area contributed by atoms with E-state index in [9.17, 15) is 4.79 Å². The Labute approximate surface area is 66.4 Å². The summed E-state index contributed by atoms with van der Waals surface area (Å²) < 4.78 is 0. The number of ketones is 1. The predicted octanol–water partition coefficient (Wildman–Crippen LogP) is 1.04. The molecule has 0 aromatic carbocycles. The quantitative estimate of drug-likeness (QED) is 0.620. The van der Waals surface area contributed by atoms with Crippen molar-refractivity contribution in [2.24, 2.45) is 0 Å². The highest BCUT2D eigenvalue weighted by Gasteiger charge is 2.01. The van der Waals surface area contributed by atoms with Gasteiger partial charge in [-0.25, -0.2) is 0 Å². The zero-order valence-electron chi connectivity index (χ0n) is 5.76. The van der Waals surface area contributed by atoms with E-state index in [-0.39, 0.29) is 18.2 Å². The summed E-state index contributed by atoms with van der Waals surface area (Å²) in [5, 5.41) is 2.95. The fraction of sp³-hybridized carbons (Fsp3) is 0.286. The average molecular weight is 160 g/mol. The van der Waals surface area contributed by atoms with Gasteiger partial charge in [0.25, 0.3) is 0 Å². The van der Waals surface area contributed by atoms with Crippen LogP contribution < -0.4 is 5.32 Å². The fourth-order valence-electron chi connectivity index (χ4n) is 0.702. The second-order valence-electron chi connectivity index (χ2n) is 1.99. The first-order valence-corrected chi connectivity index (χ1v) is 2.91. The first kappa shape index (κ1) is 9.24. The number of carbonyl (C=O) groups is 1. The molecule has 0 radical (unpaired) electrons. The number of rotatable bonds is 1. The number of allylic oxidation sites excluding steroid dienone is 2. The minimum Gasteiger partial charge on any atom is -0.387 e. The highest BCUT2D eigenvalue weighted by atomic mass is 35.5. The first-order chi connectivity index (χ1) is 4.30. The van der Waals surface area contributed by atoms with Gasteiger partial charge in [-0.2, -0.15) is 0 Å². The monoisotopic (exact) mass is 159 g/mol. The summed E-state index contributed by atoms with van der Waals surface area (Å²) in [5.74, 6) is 0.145. The van der Waals surface area contributed by atoms with Gasteiger partial charge in [-0.15, -0.1) is 12.4 Å². The van der Waals surface area contributed by atoms with Gasteiger partial charge < -0.3 is 5.32 Å². The summed E-state index contributed by atoms with van der Waals surface area (Å²) >= 11 is 0. The minimum absolute atomic E-state index is 0. The molecule has 1 rings (SSSR count). The Hall–Kier alpha value is -0.760. The average Bonchev–Trinajstić information content (AvgIpc) is 1.90. The van der Waals surface area contributed by atoms with Crippen molar-refractivity contribution in [3.63, 3.8) is 0 Å². The molecule has 0 bridgehead atoms. The standard InChI is InChI=1S/C7H9NO.ClH/c1-6(9)7-3-2-4-8-5-7;/h2-4,8H,5H2,1H3;1H. The summed E-state index contributed by atoms with van der Waals surface area (Å²) in [4.78, 5) is 10.7.